The molecule has 0 aliphatic heterocycles. The Balaban J connectivity index is 1.91. The highest BCUT2D eigenvalue weighted by Crippen LogP contribution is 2.28. The third-order valence-corrected chi connectivity index (χ3v) is 3.40. The van der Waals surface area contributed by atoms with Crippen molar-refractivity contribution in [2.45, 2.75) is 6.54 Å². The Morgan fingerprint density at radius 1 is 1.26 bits per heavy atom. The van der Waals surface area contributed by atoms with Crippen LogP contribution in [0.2, 0.25) is 5.02 Å². The number of benzene rings is 1. The maximum Gasteiger partial charge on any atom is 0.0908 e. The van der Waals surface area contributed by atoms with Gasteiger partial charge in [-0.3, -0.25) is 4.98 Å². The fraction of sp³-hybridized carbons (Fsp3) is 0.133. The first-order valence-electron chi connectivity index (χ1n) is 6.12. The molecular formula is C15H14ClN3. The molecule has 0 unspecified atom stereocenters. The van der Waals surface area contributed by atoms with E-state index in [-0.39, 0.29) is 0 Å². The van der Waals surface area contributed by atoms with E-state index in [2.05, 4.69) is 22.6 Å². The van der Waals surface area contributed by atoms with Gasteiger partial charge in [0.2, 0.25) is 0 Å². The standard InChI is InChI=1S/C15H14ClN3/c1-19-8-6-11(10-19)9-18-14-5-4-13(16)15-12(14)3-2-7-17-15/h2-8,10,18H,9H2,1H3. The lowest BCUT2D eigenvalue weighted by molar-refractivity contribution is 0.920. The summed E-state index contributed by atoms with van der Waals surface area (Å²) in [6.07, 6.45) is 5.90. The van der Waals surface area contributed by atoms with E-state index in [1.807, 2.05) is 42.1 Å². The largest absolute Gasteiger partial charge is 0.380 e. The van der Waals surface area contributed by atoms with Gasteiger partial charge in [-0.15, -0.1) is 0 Å². The maximum atomic E-state index is 6.16. The minimum atomic E-state index is 0.681. The van der Waals surface area contributed by atoms with Crippen molar-refractivity contribution in [3.63, 3.8) is 0 Å². The molecule has 0 bridgehead atoms. The van der Waals surface area contributed by atoms with Gasteiger partial charge in [-0.25, -0.2) is 0 Å². The van der Waals surface area contributed by atoms with Crippen LogP contribution in [0, 0.1) is 0 Å². The van der Waals surface area contributed by atoms with Crippen molar-refractivity contribution in [3.05, 3.63) is 59.5 Å². The Labute approximate surface area is 116 Å². The Kier molecular flexibility index (Phi) is 3.13. The van der Waals surface area contributed by atoms with Crippen molar-refractivity contribution in [3.8, 4) is 0 Å². The highest BCUT2D eigenvalue weighted by molar-refractivity contribution is 6.35. The zero-order valence-corrected chi connectivity index (χ0v) is 11.4. The molecular weight excluding hydrogens is 258 g/mol. The quantitative estimate of drug-likeness (QED) is 0.784. The first-order valence-corrected chi connectivity index (χ1v) is 6.50. The van der Waals surface area contributed by atoms with Gasteiger partial charge in [-0.1, -0.05) is 11.6 Å². The van der Waals surface area contributed by atoms with Crippen LogP contribution in [-0.2, 0) is 13.6 Å². The number of aryl methyl sites for hydroxylation is 1. The van der Waals surface area contributed by atoms with Crippen LogP contribution in [0.3, 0.4) is 0 Å². The number of pyridine rings is 1. The number of hydrogen-bond acceptors (Lipinski definition) is 2. The molecule has 0 fully saturated rings. The van der Waals surface area contributed by atoms with Crippen molar-refractivity contribution in [1.29, 1.82) is 0 Å². The van der Waals surface area contributed by atoms with Crippen molar-refractivity contribution in [1.82, 2.24) is 9.55 Å². The van der Waals surface area contributed by atoms with Crippen LogP contribution < -0.4 is 5.32 Å². The summed E-state index contributed by atoms with van der Waals surface area (Å²) in [5, 5.41) is 5.16. The second kappa shape index (κ2) is 4.94. The first kappa shape index (κ1) is 12.1. The van der Waals surface area contributed by atoms with Gasteiger partial charge in [0, 0.05) is 43.3 Å². The molecule has 3 nitrogen and oxygen atoms in total. The van der Waals surface area contributed by atoms with E-state index >= 15 is 0 Å². The summed E-state index contributed by atoms with van der Waals surface area (Å²) in [6.45, 7) is 0.784. The number of hydrogen-bond donors (Lipinski definition) is 1. The van der Waals surface area contributed by atoms with Gasteiger partial charge in [-0.2, -0.15) is 0 Å². The van der Waals surface area contributed by atoms with Crippen LogP contribution in [0.1, 0.15) is 5.56 Å². The van der Waals surface area contributed by atoms with Gasteiger partial charge in [0.05, 0.1) is 10.5 Å². The van der Waals surface area contributed by atoms with E-state index in [1.54, 1.807) is 6.20 Å². The summed E-state index contributed by atoms with van der Waals surface area (Å²) in [6, 6.07) is 9.93. The van der Waals surface area contributed by atoms with Crippen molar-refractivity contribution in [2.24, 2.45) is 7.05 Å². The van der Waals surface area contributed by atoms with Gasteiger partial charge < -0.3 is 9.88 Å². The molecule has 0 aliphatic rings. The molecule has 0 radical (unpaired) electrons. The third-order valence-electron chi connectivity index (χ3n) is 3.10. The molecule has 0 saturated carbocycles. The van der Waals surface area contributed by atoms with Crippen LogP contribution in [0.5, 0.6) is 0 Å². The summed E-state index contributed by atoms with van der Waals surface area (Å²) in [5.74, 6) is 0. The smallest absolute Gasteiger partial charge is 0.0908 e. The average Bonchev–Trinajstić information content (AvgIpc) is 2.84. The van der Waals surface area contributed by atoms with Crippen LogP contribution in [-0.4, -0.2) is 9.55 Å². The summed E-state index contributed by atoms with van der Waals surface area (Å²) < 4.78 is 2.04. The van der Waals surface area contributed by atoms with E-state index in [1.165, 1.54) is 5.56 Å². The molecule has 0 aliphatic carbocycles. The topological polar surface area (TPSA) is 29.9 Å². The number of aromatic nitrogens is 2. The van der Waals surface area contributed by atoms with Gasteiger partial charge >= 0.3 is 0 Å². The minimum absolute atomic E-state index is 0.681. The lowest BCUT2D eigenvalue weighted by Gasteiger charge is -2.09. The number of rotatable bonds is 3. The maximum absolute atomic E-state index is 6.16. The summed E-state index contributed by atoms with van der Waals surface area (Å²) >= 11 is 6.16. The number of nitrogens with zero attached hydrogens (tertiary/aromatic N) is 2. The second-order valence-electron chi connectivity index (χ2n) is 4.53. The van der Waals surface area contributed by atoms with Gasteiger partial charge in [0.15, 0.2) is 0 Å². The Hall–Kier alpha value is -2.00. The van der Waals surface area contributed by atoms with Crippen molar-refractivity contribution >= 4 is 28.2 Å². The predicted molar refractivity (Wildman–Crippen MR) is 79.5 cm³/mol. The van der Waals surface area contributed by atoms with E-state index in [9.17, 15) is 0 Å². The molecule has 0 saturated heterocycles. The third kappa shape index (κ3) is 2.42. The lowest BCUT2D eigenvalue weighted by Crippen LogP contribution is -1.99. The SMILES string of the molecule is Cn1ccc(CNc2ccc(Cl)c3ncccc23)c1. The summed E-state index contributed by atoms with van der Waals surface area (Å²) in [5.41, 5.74) is 3.13. The molecule has 19 heavy (non-hydrogen) atoms. The van der Waals surface area contributed by atoms with Crippen LogP contribution >= 0.6 is 11.6 Å². The molecule has 1 aromatic carbocycles. The average molecular weight is 272 g/mol. The highest BCUT2D eigenvalue weighted by Gasteiger charge is 2.05. The fourth-order valence-corrected chi connectivity index (χ4v) is 2.37. The highest BCUT2D eigenvalue weighted by atomic mass is 35.5. The zero-order valence-electron chi connectivity index (χ0n) is 10.6. The molecule has 3 rings (SSSR count). The van der Waals surface area contributed by atoms with Gasteiger partial charge in [0.1, 0.15) is 0 Å². The van der Waals surface area contributed by atoms with E-state index in [0.29, 0.717) is 5.02 Å². The first-order chi connectivity index (χ1) is 9.24. The monoisotopic (exact) mass is 271 g/mol. The van der Waals surface area contributed by atoms with E-state index < -0.39 is 0 Å². The van der Waals surface area contributed by atoms with E-state index in [0.717, 1.165) is 23.1 Å². The Morgan fingerprint density at radius 3 is 2.95 bits per heavy atom. The second-order valence-corrected chi connectivity index (χ2v) is 4.94. The number of nitrogens with one attached hydrogen (secondary N) is 1. The Bertz CT molecular complexity index is 718. The molecule has 1 N–H and O–H groups in total. The van der Waals surface area contributed by atoms with E-state index in [4.69, 9.17) is 11.6 Å². The molecule has 0 spiro atoms. The van der Waals surface area contributed by atoms with Crippen molar-refractivity contribution < 1.29 is 0 Å². The van der Waals surface area contributed by atoms with Gasteiger partial charge in [-0.05, 0) is 35.9 Å². The van der Waals surface area contributed by atoms with Crippen LogP contribution in [0.15, 0.2) is 48.9 Å². The summed E-state index contributed by atoms with van der Waals surface area (Å²) in [7, 11) is 2.02. The van der Waals surface area contributed by atoms with Crippen molar-refractivity contribution in [2.75, 3.05) is 5.32 Å². The number of fused-ring (bicyclic) bond motifs is 1. The number of halogens is 1. The van der Waals surface area contributed by atoms with Gasteiger partial charge in [0.25, 0.3) is 0 Å². The van der Waals surface area contributed by atoms with Crippen LogP contribution in [0.25, 0.3) is 10.9 Å². The fourth-order valence-electron chi connectivity index (χ4n) is 2.16. The minimum Gasteiger partial charge on any atom is -0.380 e. The predicted octanol–water partition coefficient (Wildman–Crippen LogP) is 3.84. The number of anilines is 1. The molecule has 0 atom stereocenters. The normalized spacial score (nSPS) is 10.8. The molecule has 0 amide bonds. The molecule has 3 aromatic rings. The Morgan fingerprint density at radius 2 is 2.16 bits per heavy atom. The molecule has 96 valence electrons. The molecule has 2 aromatic heterocycles. The summed E-state index contributed by atoms with van der Waals surface area (Å²) in [4.78, 5) is 4.32. The molecule has 4 heteroatoms. The zero-order chi connectivity index (χ0) is 13.2. The molecule has 2 heterocycles. The van der Waals surface area contributed by atoms with Crippen LogP contribution in [0.4, 0.5) is 5.69 Å². The lowest BCUT2D eigenvalue weighted by atomic mass is 10.1.